The Morgan fingerprint density at radius 1 is 1.00 bits per heavy atom. The molecule has 0 saturated carbocycles. The Bertz CT molecular complexity index is 873. The summed E-state index contributed by atoms with van der Waals surface area (Å²) in [5.41, 5.74) is 4.05. The van der Waals surface area contributed by atoms with Crippen LogP contribution in [0.3, 0.4) is 0 Å². The van der Waals surface area contributed by atoms with Gasteiger partial charge in [0.05, 0.1) is 11.4 Å². The van der Waals surface area contributed by atoms with E-state index in [9.17, 15) is 9.59 Å². The molecule has 0 aliphatic carbocycles. The summed E-state index contributed by atoms with van der Waals surface area (Å²) in [7, 11) is 0. The smallest absolute Gasteiger partial charge is 0.262 e. The van der Waals surface area contributed by atoms with Crippen molar-refractivity contribution in [2.75, 3.05) is 43.0 Å². The highest BCUT2D eigenvalue weighted by molar-refractivity contribution is 5.95. The third kappa shape index (κ3) is 5.28. The van der Waals surface area contributed by atoms with Gasteiger partial charge in [-0.25, -0.2) is 0 Å². The number of carbonyl (C=O) groups excluding carboxylic acids is 2. The van der Waals surface area contributed by atoms with Gasteiger partial charge in [-0.3, -0.25) is 9.59 Å². The normalized spacial score (nSPS) is 13.9. The van der Waals surface area contributed by atoms with Gasteiger partial charge in [0, 0.05) is 32.6 Å². The van der Waals surface area contributed by atoms with Crippen molar-refractivity contribution >= 4 is 23.2 Å². The maximum atomic E-state index is 12.4. The lowest BCUT2D eigenvalue weighted by Crippen LogP contribution is -2.48. The molecule has 0 radical (unpaired) electrons. The molecule has 1 aliphatic rings. The number of hydrogen-bond acceptors (Lipinski definition) is 4. The zero-order valence-electron chi connectivity index (χ0n) is 17.4. The van der Waals surface area contributed by atoms with E-state index in [2.05, 4.69) is 10.2 Å². The fraction of sp³-hybridized carbons (Fsp3) is 0.391. The minimum Gasteiger partial charge on any atom is -0.484 e. The van der Waals surface area contributed by atoms with E-state index in [0.29, 0.717) is 25.3 Å². The summed E-state index contributed by atoms with van der Waals surface area (Å²) in [6.07, 6.45) is 0.535. The number of nitrogens with one attached hydrogen (secondary N) is 1. The molecule has 2 aromatic carbocycles. The summed E-state index contributed by atoms with van der Waals surface area (Å²) in [5, 5.41) is 2.96. The van der Waals surface area contributed by atoms with Gasteiger partial charge in [0.25, 0.3) is 5.91 Å². The lowest BCUT2D eigenvalue weighted by Gasteiger charge is -2.36. The predicted molar refractivity (Wildman–Crippen MR) is 116 cm³/mol. The van der Waals surface area contributed by atoms with Crippen LogP contribution in [-0.4, -0.2) is 49.5 Å². The van der Waals surface area contributed by atoms with Crippen LogP contribution in [0.25, 0.3) is 0 Å². The van der Waals surface area contributed by atoms with Gasteiger partial charge in [-0.05, 0) is 49.2 Å². The molecule has 0 bridgehead atoms. The van der Waals surface area contributed by atoms with Crippen molar-refractivity contribution in [3.63, 3.8) is 0 Å². The Morgan fingerprint density at radius 3 is 2.41 bits per heavy atom. The van der Waals surface area contributed by atoms with Crippen LogP contribution in [0.15, 0.2) is 42.5 Å². The van der Waals surface area contributed by atoms with Crippen LogP contribution in [0.4, 0.5) is 11.4 Å². The number of rotatable bonds is 6. The molecule has 154 valence electrons. The molecular weight excluding hydrogens is 366 g/mol. The van der Waals surface area contributed by atoms with Crippen molar-refractivity contribution in [1.29, 1.82) is 0 Å². The monoisotopic (exact) mass is 395 g/mol. The van der Waals surface area contributed by atoms with Gasteiger partial charge in [-0.1, -0.05) is 25.1 Å². The number of amides is 2. The van der Waals surface area contributed by atoms with Crippen molar-refractivity contribution in [3.8, 4) is 5.75 Å². The van der Waals surface area contributed by atoms with E-state index >= 15 is 0 Å². The van der Waals surface area contributed by atoms with Crippen LogP contribution in [0, 0.1) is 13.8 Å². The molecule has 1 N–H and O–H groups in total. The van der Waals surface area contributed by atoms with Crippen molar-refractivity contribution in [2.24, 2.45) is 0 Å². The van der Waals surface area contributed by atoms with Crippen LogP contribution >= 0.6 is 0 Å². The van der Waals surface area contributed by atoms with Gasteiger partial charge < -0.3 is 19.9 Å². The second kappa shape index (κ2) is 9.45. The molecule has 0 atom stereocenters. The lowest BCUT2D eigenvalue weighted by molar-refractivity contribution is -0.131. The topological polar surface area (TPSA) is 61.9 Å². The first-order chi connectivity index (χ1) is 14.0. The Balaban J connectivity index is 1.59. The average molecular weight is 396 g/mol. The first kappa shape index (κ1) is 20.7. The molecule has 2 aromatic rings. The summed E-state index contributed by atoms with van der Waals surface area (Å²) >= 11 is 0. The van der Waals surface area contributed by atoms with Crippen molar-refractivity contribution in [1.82, 2.24) is 4.90 Å². The minimum atomic E-state index is -0.199. The Kier molecular flexibility index (Phi) is 6.75. The number of carbonyl (C=O) groups is 2. The summed E-state index contributed by atoms with van der Waals surface area (Å²) in [6, 6.07) is 13.6. The minimum absolute atomic E-state index is 0.0460. The highest BCUT2D eigenvalue weighted by Gasteiger charge is 2.22. The molecule has 1 fully saturated rings. The highest BCUT2D eigenvalue weighted by Crippen LogP contribution is 2.27. The van der Waals surface area contributed by atoms with Crippen molar-refractivity contribution in [3.05, 3.63) is 53.6 Å². The average Bonchev–Trinajstić information content (AvgIpc) is 2.74. The molecular formula is C23H29N3O3. The van der Waals surface area contributed by atoms with E-state index in [4.69, 9.17) is 4.74 Å². The Labute approximate surface area is 172 Å². The lowest BCUT2D eigenvalue weighted by atomic mass is 10.1. The Hall–Kier alpha value is -3.02. The first-order valence-electron chi connectivity index (χ1n) is 10.1. The maximum Gasteiger partial charge on any atom is 0.262 e. The maximum absolute atomic E-state index is 12.4. The molecule has 29 heavy (non-hydrogen) atoms. The molecule has 6 heteroatoms. The molecule has 3 rings (SSSR count). The number of hydrogen-bond donors (Lipinski definition) is 1. The summed E-state index contributed by atoms with van der Waals surface area (Å²) in [6.45, 7) is 8.80. The second-order valence-electron chi connectivity index (χ2n) is 7.32. The van der Waals surface area contributed by atoms with Crippen LogP contribution in [0.5, 0.6) is 5.75 Å². The van der Waals surface area contributed by atoms with Crippen molar-refractivity contribution < 1.29 is 14.3 Å². The fourth-order valence-electron chi connectivity index (χ4n) is 3.41. The number of nitrogens with zero attached hydrogens (tertiary/aromatic N) is 2. The molecule has 1 aliphatic heterocycles. The molecule has 0 aromatic heterocycles. The SMILES string of the molecule is CCC(=O)N1CCN(c2ccccc2NC(=O)COc2ccc(C)c(C)c2)CC1. The Morgan fingerprint density at radius 2 is 1.72 bits per heavy atom. The molecule has 0 spiro atoms. The van der Waals surface area contributed by atoms with Crippen LogP contribution in [0.1, 0.15) is 24.5 Å². The molecule has 1 saturated heterocycles. The van der Waals surface area contributed by atoms with Crippen LogP contribution in [0.2, 0.25) is 0 Å². The van der Waals surface area contributed by atoms with Crippen LogP contribution < -0.4 is 15.0 Å². The molecule has 0 unspecified atom stereocenters. The fourth-order valence-corrected chi connectivity index (χ4v) is 3.41. The second-order valence-corrected chi connectivity index (χ2v) is 7.32. The van der Waals surface area contributed by atoms with Gasteiger partial charge in [0.2, 0.25) is 5.91 Å². The standard InChI is InChI=1S/C23H29N3O3/c1-4-23(28)26-13-11-25(12-14-26)21-8-6-5-7-20(21)24-22(27)16-29-19-10-9-17(2)18(3)15-19/h5-10,15H,4,11-14,16H2,1-3H3,(H,24,27). The van der Waals surface area contributed by atoms with E-state index < -0.39 is 0 Å². The number of benzene rings is 2. The quantitative estimate of drug-likeness (QED) is 0.815. The zero-order chi connectivity index (χ0) is 20.8. The summed E-state index contributed by atoms with van der Waals surface area (Å²) < 4.78 is 5.64. The van der Waals surface area contributed by atoms with E-state index in [1.54, 1.807) is 0 Å². The first-order valence-corrected chi connectivity index (χ1v) is 10.1. The predicted octanol–water partition coefficient (Wildman–Crippen LogP) is 3.38. The van der Waals surface area contributed by atoms with Gasteiger partial charge in [0.1, 0.15) is 5.75 Å². The molecule has 1 heterocycles. The number of ether oxygens (including phenoxy) is 1. The van der Waals surface area contributed by atoms with Crippen molar-refractivity contribution in [2.45, 2.75) is 27.2 Å². The largest absolute Gasteiger partial charge is 0.484 e. The van der Waals surface area contributed by atoms with Gasteiger partial charge in [0.15, 0.2) is 6.61 Å². The summed E-state index contributed by atoms with van der Waals surface area (Å²) in [4.78, 5) is 28.4. The van der Waals surface area contributed by atoms with E-state index in [1.165, 1.54) is 5.56 Å². The van der Waals surface area contributed by atoms with E-state index in [1.807, 2.05) is 68.1 Å². The third-order valence-corrected chi connectivity index (χ3v) is 5.30. The molecule has 2 amide bonds. The van der Waals surface area contributed by atoms with Gasteiger partial charge in [-0.2, -0.15) is 0 Å². The number of aryl methyl sites for hydroxylation is 2. The van der Waals surface area contributed by atoms with Crippen LogP contribution in [-0.2, 0) is 9.59 Å². The molecule has 6 nitrogen and oxygen atoms in total. The van der Waals surface area contributed by atoms with E-state index in [-0.39, 0.29) is 18.4 Å². The van der Waals surface area contributed by atoms with Gasteiger partial charge in [-0.15, -0.1) is 0 Å². The zero-order valence-corrected chi connectivity index (χ0v) is 17.4. The third-order valence-electron chi connectivity index (χ3n) is 5.30. The highest BCUT2D eigenvalue weighted by atomic mass is 16.5. The number of piperazine rings is 1. The number of anilines is 2. The summed E-state index contributed by atoms with van der Waals surface area (Å²) in [5.74, 6) is 0.679. The van der Waals surface area contributed by atoms with E-state index in [0.717, 1.165) is 30.0 Å². The number of para-hydroxylation sites is 2. The van der Waals surface area contributed by atoms with Gasteiger partial charge >= 0.3 is 0 Å².